The Kier molecular flexibility index (Phi) is 1.09. The van der Waals surface area contributed by atoms with Crippen LogP contribution in [-0.2, 0) is 5.41 Å². The van der Waals surface area contributed by atoms with E-state index in [0.717, 1.165) is 11.2 Å². The maximum absolute atomic E-state index is 5.44. The molecular weight excluding hydrogens is 136 g/mol. The van der Waals surface area contributed by atoms with E-state index < -0.39 is 0 Å². The first kappa shape index (κ1) is 6.71. The van der Waals surface area contributed by atoms with E-state index in [2.05, 4.69) is 26.8 Å². The summed E-state index contributed by atoms with van der Waals surface area (Å²) in [6.45, 7) is 6.60. The molecule has 0 radical (unpaired) electrons. The zero-order valence-electron chi connectivity index (χ0n) is 7.14. The summed E-state index contributed by atoms with van der Waals surface area (Å²) in [6, 6.07) is 6.16. The normalized spacial score (nSPS) is 13.0. The number of fused-ring (bicyclic) bond motifs is 2. The predicted octanol–water partition coefficient (Wildman–Crippen LogP) is 3.17. The second kappa shape index (κ2) is 1.79. The van der Waals surface area contributed by atoms with E-state index in [4.69, 9.17) is 4.42 Å². The van der Waals surface area contributed by atoms with Crippen LogP contribution in [-0.4, -0.2) is 0 Å². The van der Waals surface area contributed by atoms with Gasteiger partial charge in [-0.05, 0) is 23.6 Å². The minimum atomic E-state index is 0.210. The van der Waals surface area contributed by atoms with Crippen molar-refractivity contribution in [3.63, 3.8) is 0 Å². The van der Waals surface area contributed by atoms with Gasteiger partial charge in [0.2, 0.25) is 0 Å². The molecule has 0 saturated heterocycles. The van der Waals surface area contributed by atoms with Crippen molar-refractivity contribution in [2.45, 2.75) is 26.2 Å². The van der Waals surface area contributed by atoms with Crippen molar-refractivity contribution in [1.29, 1.82) is 0 Å². The summed E-state index contributed by atoms with van der Waals surface area (Å²) in [7, 11) is 0. The smallest absolute Gasteiger partial charge is 0.131 e. The number of benzene rings is 1. The molecular formula is C10H12O. The van der Waals surface area contributed by atoms with Crippen molar-refractivity contribution in [3.8, 4) is 0 Å². The number of hydrogen-bond donors (Lipinski definition) is 0. The van der Waals surface area contributed by atoms with Crippen LogP contribution in [0.25, 0.3) is 11.2 Å². The van der Waals surface area contributed by atoms with Crippen LogP contribution in [0.4, 0.5) is 0 Å². The first-order valence-electron chi connectivity index (χ1n) is 3.90. The summed E-state index contributed by atoms with van der Waals surface area (Å²) in [5.41, 5.74) is 3.55. The monoisotopic (exact) mass is 148 g/mol. The fourth-order valence-electron chi connectivity index (χ4n) is 1.37. The highest BCUT2D eigenvalue weighted by molar-refractivity contribution is 5.67. The van der Waals surface area contributed by atoms with Crippen LogP contribution in [0, 0.1) is 0 Å². The van der Waals surface area contributed by atoms with Gasteiger partial charge in [0, 0.05) is 5.56 Å². The summed E-state index contributed by atoms with van der Waals surface area (Å²) in [5, 5.41) is 0. The SMILES string of the molecule is CC(C)(C)c1cc2ccc1o2. The van der Waals surface area contributed by atoms with E-state index in [9.17, 15) is 0 Å². The number of rotatable bonds is 0. The molecule has 2 aromatic heterocycles. The Bertz CT molecular complexity index is 351. The molecule has 0 aliphatic carbocycles. The first-order valence-corrected chi connectivity index (χ1v) is 3.90. The van der Waals surface area contributed by atoms with E-state index in [1.165, 1.54) is 5.56 Å². The third-order valence-corrected chi connectivity index (χ3v) is 1.99. The third kappa shape index (κ3) is 0.917. The molecule has 2 aromatic rings. The van der Waals surface area contributed by atoms with Gasteiger partial charge >= 0.3 is 0 Å². The van der Waals surface area contributed by atoms with Gasteiger partial charge in [-0.2, -0.15) is 0 Å². The molecule has 2 bridgehead atoms. The molecule has 1 nitrogen and oxygen atoms in total. The molecule has 0 unspecified atom stereocenters. The molecule has 0 atom stereocenters. The molecule has 0 aliphatic heterocycles. The van der Waals surface area contributed by atoms with E-state index in [-0.39, 0.29) is 5.41 Å². The van der Waals surface area contributed by atoms with E-state index in [1.54, 1.807) is 0 Å². The molecule has 1 heteroatoms. The third-order valence-electron chi connectivity index (χ3n) is 1.99. The largest absolute Gasteiger partial charge is 0.457 e. The highest BCUT2D eigenvalue weighted by Gasteiger charge is 2.19. The highest BCUT2D eigenvalue weighted by Crippen LogP contribution is 2.32. The molecule has 0 amide bonds. The minimum Gasteiger partial charge on any atom is -0.457 e. The van der Waals surface area contributed by atoms with Crippen LogP contribution in [0.5, 0.6) is 0 Å². The van der Waals surface area contributed by atoms with E-state index in [0.29, 0.717) is 0 Å². The zero-order valence-corrected chi connectivity index (χ0v) is 7.14. The molecule has 2 heterocycles. The van der Waals surface area contributed by atoms with Crippen LogP contribution < -0.4 is 0 Å². The Labute approximate surface area is 66.3 Å². The lowest BCUT2D eigenvalue weighted by atomic mass is 9.87. The lowest BCUT2D eigenvalue weighted by Crippen LogP contribution is -2.09. The molecule has 0 fully saturated rings. The fourth-order valence-corrected chi connectivity index (χ4v) is 1.37. The fraction of sp³-hybridized carbons (Fsp3) is 0.400. The molecule has 11 heavy (non-hydrogen) atoms. The van der Waals surface area contributed by atoms with Gasteiger partial charge in [-0.3, -0.25) is 0 Å². The molecule has 2 rings (SSSR count). The summed E-state index contributed by atoms with van der Waals surface area (Å²) in [4.78, 5) is 0. The average Bonchev–Trinajstić information content (AvgIpc) is 2.42. The zero-order chi connectivity index (χ0) is 8.06. The quantitative estimate of drug-likeness (QED) is 0.559. The highest BCUT2D eigenvalue weighted by atomic mass is 16.3. The van der Waals surface area contributed by atoms with Gasteiger partial charge in [-0.25, -0.2) is 0 Å². The summed E-state index contributed by atoms with van der Waals surface area (Å²) < 4.78 is 5.44. The minimum absolute atomic E-state index is 0.210. The van der Waals surface area contributed by atoms with Gasteiger partial charge in [0.25, 0.3) is 0 Å². The lowest BCUT2D eigenvalue weighted by molar-refractivity contribution is 0.585. The molecule has 0 aromatic carbocycles. The number of furan rings is 2. The van der Waals surface area contributed by atoms with Gasteiger partial charge in [-0.15, -0.1) is 0 Å². The second-order valence-electron chi connectivity index (χ2n) is 4.01. The van der Waals surface area contributed by atoms with Gasteiger partial charge in [0.1, 0.15) is 11.2 Å². The van der Waals surface area contributed by atoms with Crippen molar-refractivity contribution >= 4 is 11.2 Å². The van der Waals surface area contributed by atoms with Crippen molar-refractivity contribution in [3.05, 3.63) is 23.8 Å². The second-order valence-corrected chi connectivity index (χ2v) is 4.01. The van der Waals surface area contributed by atoms with Gasteiger partial charge in [0.05, 0.1) is 0 Å². The van der Waals surface area contributed by atoms with Crippen LogP contribution >= 0.6 is 0 Å². The van der Waals surface area contributed by atoms with Gasteiger partial charge in [-0.1, -0.05) is 20.8 Å². The molecule has 58 valence electrons. The number of hydrogen-bond acceptors (Lipinski definition) is 1. The Hall–Kier alpha value is -0.980. The van der Waals surface area contributed by atoms with Crippen LogP contribution in [0.1, 0.15) is 26.3 Å². The van der Waals surface area contributed by atoms with Crippen molar-refractivity contribution in [2.75, 3.05) is 0 Å². The standard InChI is InChI=1S/C10H12O/c1-10(2,3)8-6-7-4-5-9(8)11-7/h4-6H,1-3H3. The van der Waals surface area contributed by atoms with Crippen LogP contribution in [0.2, 0.25) is 0 Å². The van der Waals surface area contributed by atoms with Crippen molar-refractivity contribution in [1.82, 2.24) is 0 Å². The van der Waals surface area contributed by atoms with Crippen molar-refractivity contribution < 1.29 is 4.42 Å². The summed E-state index contributed by atoms with van der Waals surface area (Å²) in [6.07, 6.45) is 0. The lowest BCUT2D eigenvalue weighted by Gasteiger charge is -2.16. The predicted molar refractivity (Wildman–Crippen MR) is 46.1 cm³/mol. The molecule has 0 aliphatic rings. The molecule has 0 spiro atoms. The van der Waals surface area contributed by atoms with Gasteiger partial charge in [0.15, 0.2) is 0 Å². The maximum Gasteiger partial charge on any atom is 0.131 e. The van der Waals surface area contributed by atoms with Crippen LogP contribution in [0.15, 0.2) is 22.6 Å². The Balaban J connectivity index is 2.63. The Morgan fingerprint density at radius 1 is 1.18 bits per heavy atom. The van der Waals surface area contributed by atoms with E-state index >= 15 is 0 Å². The maximum atomic E-state index is 5.44. The Morgan fingerprint density at radius 2 is 1.91 bits per heavy atom. The van der Waals surface area contributed by atoms with Gasteiger partial charge < -0.3 is 4.42 Å². The topological polar surface area (TPSA) is 13.1 Å². The Morgan fingerprint density at radius 3 is 2.18 bits per heavy atom. The molecule has 0 saturated carbocycles. The first-order chi connectivity index (χ1) is 5.07. The van der Waals surface area contributed by atoms with Crippen molar-refractivity contribution in [2.24, 2.45) is 0 Å². The van der Waals surface area contributed by atoms with E-state index in [1.807, 2.05) is 12.1 Å². The van der Waals surface area contributed by atoms with Crippen LogP contribution in [0.3, 0.4) is 0 Å². The average molecular weight is 148 g/mol. The molecule has 0 N–H and O–H groups in total. The summed E-state index contributed by atoms with van der Waals surface area (Å²) >= 11 is 0. The summed E-state index contributed by atoms with van der Waals surface area (Å²) in [5.74, 6) is 0.